The standard InChI is InChI=1S/2C22H26FNO3.C22H24FNO3/c3*1-2-7-19-12-13-20(21(25)17-10-6-11-18(23)14-17)24(19)22(26)27-15-16-8-4-3-5-9-16/h2*3-6,8-11,14,19-21,25H,2,7,12-13,15H2,1H3;3-6,8-11,14,19-20H,2,7,12-13,15H2,1H3/t2*19-,20+,21-;19-,20+/m111/s1. The van der Waals surface area contributed by atoms with Gasteiger partial charge < -0.3 is 24.4 Å². The van der Waals surface area contributed by atoms with E-state index in [9.17, 15) is 42.6 Å². The lowest BCUT2D eigenvalue weighted by Crippen LogP contribution is -2.45. The molecule has 81 heavy (non-hydrogen) atoms. The van der Waals surface area contributed by atoms with Crippen LogP contribution >= 0.6 is 0 Å². The van der Waals surface area contributed by atoms with Crippen molar-refractivity contribution < 1.29 is 56.8 Å². The molecule has 3 aliphatic heterocycles. The van der Waals surface area contributed by atoms with Gasteiger partial charge in [0.1, 0.15) is 37.3 Å². The van der Waals surface area contributed by atoms with E-state index >= 15 is 0 Å². The first-order valence-corrected chi connectivity index (χ1v) is 28.4. The van der Waals surface area contributed by atoms with Gasteiger partial charge in [0.15, 0.2) is 5.78 Å². The molecule has 0 saturated carbocycles. The zero-order valence-corrected chi connectivity index (χ0v) is 46.5. The summed E-state index contributed by atoms with van der Waals surface area (Å²) < 4.78 is 57.2. The highest BCUT2D eigenvalue weighted by molar-refractivity contribution is 6.01. The van der Waals surface area contributed by atoms with Crippen LogP contribution in [-0.2, 0) is 34.0 Å². The Morgan fingerprint density at radius 1 is 0.444 bits per heavy atom. The molecule has 3 heterocycles. The lowest BCUT2D eigenvalue weighted by atomic mass is 10.0. The zero-order valence-electron chi connectivity index (χ0n) is 46.5. The highest BCUT2D eigenvalue weighted by atomic mass is 19.1. The van der Waals surface area contributed by atoms with Crippen LogP contribution in [0.5, 0.6) is 0 Å². The van der Waals surface area contributed by atoms with Crippen molar-refractivity contribution in [2.45, 2.75) is 166 Å². The Balaban J connectivity index is 0.000000175. The summed E-state index contributed by atoms with van der Waals surface area (Å²) in [5.41, 5.74) is 3.98. The Hall–Kier alpha value is -7.49. The summed E-state index contributed by atoms with van der Waals surface area (Å²) in [5, 5.41) is 21.6. The molecule has 15 heteroatoms. The van der Waals surface area contributed by atoms with E-state index in [1.807, 2.05) is 91.0 Å². The fraction of sp³-hybridized carbons (Fsp3) is 0.394. The van der Waals surface area contributed by atoms with E-state index in [1.165, 1.54) is 42.5 Å². The third kappa shape index (κ3) is 17.0. The van der Waals surface area contributed by atoms with E-state index in [0.717, 1.165) is 74.5 Å². The molecule has 6 aromatic carbocycles. The van der Waals surface area contributed by atoms with Crippen molar-refractivity contribution in [2.75, 3.05) is 0 Å². The molecule has 2 N–H and O–H groups in total. The van der Waals surface area contributed by atoms with Crippen molar-refractivity contribution in [2.24, 2.45) is 0 Å². The second-order valence-electron chi connectivity index (χ2n) is 20.9. The van der Waals surface area contributed by atoms with Gasteiger partial charge in [0.2, 0.25) is 0 Å². The van der Waals surface area contributed by atoms with Crippen molar-refractivity contribution in [3.8, 4) is 0 Å². The molecule has 0 aliphatic carbocycles. The molecule has 3 saturated heterocycles. The lowest BCUT2D eigenvalue weighted by molar-refractivity contribution is 0.0331. The summed E-state index contributed by atoms with van der Waals surface area (Å²) in [4.78, 5) is 56.3. The summed E-state index contributed by atoms with van der Waals surface area (Å²) in [7, 11) is 0. The fourth-order valence-electron chi connectivity index (χ4n) is 11.3. The van der Waals surface area contributed by atoms with Gasteiger partial charge in [-0.05, 0) is 122 Å². The van der Waals surface area contributed by atoms with Gasteiger partial charge in [-0.3, -0.25) is 19.5 Å². The van der Waals surface area contributed by atoms with Crippen molar-refractivity contribution in [1.82, 2.24) is 14.7 Å². The van der Waals surface area contributed by atoms with E-state index in [-0.39, 0.29) is 49.3 Å². The molecule has 3 amide bonds. The summed E-state index contributed by atoms with van der Waals surface area (Å²) in [6, 6.07) is 44.6. The minimum atomic E-state index is -0.938. The van der Waals surface area contributed by atoms with Gasteiger partial charge in [0.05, 0.1) is 30.3 Å². The second kappa shape index (κ2) is 30.9. The molecule has 0 unspecified atom stereocenters. The highest BCUT2D eigenvalue weighted by Crippen LogP contribution is 2.38. The number of Topliss-reactive ketones (excluding diaryl/α,β-unsaturated/α-hetero) is 1. The van der Waals surface area contributed by atoms with Gasteiger partial charge in [-0.1, -0.05) is 167 Å². The summed E-state index contributed by atoms with van der Waals surface area (Å²) >= 11 is 0. The number of ketones is 1. The Bertz CT molecular complexity index is 2790. The van der Waals surface area contributed by atoms with Crippen LogP contribution in [0.3, 0.4) is 0 Å². The van der Waals surface area contributed by atoms with Gasteiger partial charge in [0, 0.05) is 23.7 Å². The van der Waals surface area contributed by atoms with Crippen molar-refractivity contribution >= 4 is 24.1 Å². The molecule has 0 bridgehead atoms. The SMILES string of the molecule is CCC[C@@H]1CC[C@@H](C(=O)c2cccc(F)c2)N1C(=O)OCc1ccccc1.CCC[C@@H]1CC[C@@H]([C@H](O)c2cccc(F)c2)N1C(=O)OCc1ccccc1.CCC[C@@H]1CC[C@@H]([C@H](O)c2cccc(F)c2)N1C(=O)OCc1ccccc1. The smallest absolute Gasteiger partial charge is 0.410 e. The van der Waals surface area contributed by atoms with E-state index in [4.69, 9.17) is 14.2 Å². The summed E-state index contributed by atoms with van der Waals surface area (Å²) in [6.07, 6.45) is 6.39. The predicted molar refractivity (Wildman–Crippen MR) is 304 cm³/mol. The van der Waals surface area contributed by atoms with Gasteiger partial charge in [-0.2, -0.15) is 0 Å². The van der Waals surface area contributed by atoms with Crippen LogP contribution in [0.2, 0.25) is 0 Å². The Morgan fingerprint density at radius 2 is 0.790 bits per heavy atom. The number of nitrogens with zero attached hydrogens (tertiary/aromatic N) is 3. The maximum atomic E-state index is 13.6. The number of aliphatic hydroxyl groups excluding tert-OH is 2. The molecule has 3 aliphatic rings. The first kappa shape index (κ1) is 61.1. The molecule has 12 nitrogen and oxygen atoms in total. The lowest BCUT2D eigenvalue weighted by Gasteiger charge is -2.32. The monoisotopic (exact) mass is 1110 g/mol. The predicted octanol–water partition coefficient (Wildman–Crippen LogP) is 14.6. The van der Waals surface area contributed by atoms with Crippen molar-refractivity contribution in [3.05, 3.63) is 215 Å². The minimum absolute atomic E-state index is 0.0271. The number of carbonyl (C=O) groups excluding carboxylic acids is 4. The number of aliphatic hydroxyl groups is 2. The van der Waals surface area contributed by atoms with Gasteiger partial charge in [0.25, 0.3) is 0 Å². The van der Waals surface area contributed by atoms with Crippen LogP contribution in [0, 0.1) is 17.5 Å². The van der Waals surface area contributed by atoms with Crippen LogP contribution in [-0.4, -0.2) is 85.2 Å². The number of hydrogen-bond donors (Lipinski definition) is 2. The quantitative estimate of drug-likeness (QED) is 0.0634. The van der Waals surface area contributed by atoms with Crippen molar-refractivity contribution in [3.63, 3.8) is 0 Å². The number of hydrogen-bond acceptors (Lipinski definition) is 9. The summed E-state index contributed by atoms with van der Waals surface area (Å²) in [6.45, 7) is 6.74. The normalized spacial score (nSPS) is 20.0. The molecular formula is C66H76F3N3O9. The third-order valence-electron chi connectivity index (χ3n) is 15.2. The number of amides is 3. The Morgan fingerprint density at radius 3 is 1.16 bits per heavy atom. The topological polar surface area (TPSA) is 146 Å². The molecule has 9 rings (SSSR count). The zero-order chi connectivity index (χ0) is 57.7. The first-order chi connectivity index (χ1) is 39.3. The van der Waals surface area contributed by atoms with Gasteiger partial charge in [-0.15, -0.1) is 0 Å². The molecule has 430 valence electrons. The van der Waals surface area contributed by atoms with E-state index in [1.54, 1.807) is 45.0 Å². The molecule has 6 aromatic rings. The number of benzene rings is 6. The van der Waals surface area contributed by atoms with Crippen LogP contribution < -0.4 is 0 Å². The van der Waals surface area contributed by atoms with Crippen molar-refractivity contribution in [1.29, 1.82) is 0 Å². The molecule has 0 spiro atoms. The molecule has 0 aromatic heterocycles. The number of ether oxygens (including phenoxy) is 3. The second-order valence-corrected chi connectivity index (χ2v) is 20.9. The highest BCUT2D eigenvalue weighted by Gasteiger charge is 2.44. The van der Waals surface area contributed by atoms with E-state index in [0.29, 0.717) is 30.4 Å². The van der Waals surface area contributed by atoms with Crippen LogP contribution in [0.4, 0.5) is 27.6 Å². The minimum Gasteiger partial charge on any atom is -0.445 e. The summed E-state index contributed by atoms with van der Waals surface area (Å²) in [5.74, 6) is -1.48. The largest absolute Gasteiger partial charge is 0.445 e. The van der Waals surface area contributed by atoms with E-state index < -0.39 is 66.1 Å². The maximum absolute atomic E-state index is 13.6. The first-order valence-electron chi connectivity index (χ1n) is 28.4. The fourth-order valence-corrected chi connectivity index (χ4v) is 11.3. The average Bonchev–Trinajstić information content (AvgIpc) is 4.29. The van der Waals surface area contributed by atoms with Crippen LogP contribution in [0.15, 0.2) is 164 Å². The average molecular weight is 1110 g/mol. The maximum Gasteiger partial charge on any atom is 0.410 e. The molecular weight excluding hydrogens is 1040 g/mol. The number of likely N-dealkylation sites (tertiary alicyclic amines) is 3. The third-order valence-corrected chi connectivity index (χ3v) is 15.2. The molecule has 0 radical (unpaired) electrons. The molecule has 3 fully saturated rings. The molecule has 8 atom stereocenters. The number of carbonyl (C=O) groups is 4. The van der Waals surface area contributed by atoms with Crippen LogP contribution in [0.25, 0.3) is 0 Å². The van der Waals surface area contributed by atoms with Crippen LogP contribution in [0.1, 0.15) is 148 Å². The Labute approximate surface area is 474 Å². The van der Waals surface area contributed by atoms with Gasteiger partial charge in [-0.25, -0.2) is 27.6 Å². The van der Waals surface area contributed by atoms with Gasteiger partial charge >= 0.3 is 18.3 Å². The number of rotatable bonds is 18. The van der Waals surface area contributed by atoms with E-state index in [2.05, 4.69) is 20.8 Å². The number of halogens is 3. The Kier molecular flexibility index (Phi) is 23.3.